The van der Waals surface area contributed by atoms with Gasteiger partial charge in [0.05, 0.1) is 0 Å². The molecule has 68 valence electrons. The van der Waals surface area contributed by atoms with Crippen molar-refractivity contribution in [3.63, 3.8) is 0 Å². The Hall–Kier alpha value is 0. The summed E-state index contributed by atoms with van der Waals surface area (Å²) in [6.45, 7) is 0. The number of rotatable bonds is 2. The Kier molecular flexibility index (Phi) is 3.82. The minimum atomic E-state index is -0.215. The zero-order chi connectivity index (χ0) is 10.0. The minimum absolute atomic E-state index is 0.207. The lowest BCUT2D eigenvalue weighted by molar-refractivity contribution is 0.108. The maximum atomic E-state index is 10.9. The van der Waals surface area contributed by atoms with Crippen LogP contribution < -0.4 is 0 Å². The van der Waals surface area contributed by atoms with Gasteiger partial charge in [-0.15, -0.1) is 0 Å². The summed E-state index contributed by atoms with van der Waals surface area (Å²) >= 11 is 8.84. The van der Waals surface area contributed by atoms with E-state index >= 15 is 0 Å². The summed E-state index contributed by atoms with van der Waals surface area (Å²) < 4.78 is 0.175. The third-order valence-electron chi connectivity index (χ3n) is 1.41. The molecule has 1 rings (SSSR count). The summed E-state index contributed by atoms with van der Waals surface area (Å²) in [5.41, 5.74) is 1.00. The molecular formula is C8H3Br3O2. The average Bonchev–Trinajstić information content (AvgIpc) is 2.03. The molecule has 0 bridgehead atoms. The quantitative estimate of drug-likeness (QED) is 0.746. The van der Waals surface area contributed by atoms with Gasteiger partial charge in [-0.3, -0.25) is 9.59 Å². The fraction of sp³-hybridized carbons (Fsp3) is 0. The standard InChI is InChI=1S/C8H3Br3O2/c9-6-3-4(7(10)12)1-2-5(6)8(11)13/h1-3H. The lowest BCUT2D eigenvalue weighted by Gasteiger charge is -1.99. The molecule has 0 amide bonds. The van der Waals surface area contributed by atoms with Crippen molar-refractivity contribution in [2.45, 2.75) is 0 Å². The number of benzene rings is 1. The highest BCUT2D eigenvalue weighted by Crippen LogP contribution is 2.21. The van der Waals surface area contributed by atoms with E-state index in [2.05, 4.69) is 47.8 Å². The Bertz CT molecular complexity index is 374. The second kappa shape index (κ2) is 4.48. The molecule has 0 N–H and O–H groups in total. The van der Waals surface area contributed by atoms with E-state index in [4.69, 9.17) is 0 Å². The Morgan fingerprint density at radius 3 is 2.08 bits per heavy atom. The first-order valence-corrected chi connectivity index (χ1v) is 5.59. The topological polar surface area (TPSA) is 34.1 Å². The van der Waals surface area contributed by atoms with Gasteiger partial charge >= 0.3 is 0 Å². The third-order valence-corrected chi connectivity index (χ3v) is 2.95. The first-order valence-electron chi connectivity index (χ1n) is 3.21. The van der Waals surface area contributed by atoms with Crippen LogP contribution in [-0.4, -0.2) is 9.39 Å². The van der Waals surface area contributed by atoms with Gasteiger partial charge in [0, 0.05) is 15.6 Å². The van der Waals surface area contributed by atoms with E-state index in [-0.39, 0.29) is 9.39 Å². The van der Waals surface area contributed by atoms with Crippen LogP contribution in [0.3, 0.4) is 0 Å². The number of hydrogen-bond donors (Lipinski definition) is 0. The van der Waals surface area contributed by atoms with Crippen LogP contribution in [0.2, 0.25) is 0 Å². The van der Waals surface area contributed by atoms with E-state index in [0.29, 0.717) is 15.6 Å². The van der Waals surface area contributed by atoms with E-state index in [0.717, 1.165) is 0 Å². The fourth-order valence-electron chi connectivity index (χ4n) is 0.797. The largest absolute Gasteiger partial charge is 0.281 e. The lowest BCUT2D eigenvalue weighted by atomic mass is 10.2. The zero-order valence-corrected chi connectivity index (χ0v) is 10.9. The SMILES string of the molecule is O=C(Br)c1ccc(C(=O)Br)c(Br)c1. The van der Waals surface area contributed by atoms with E-state index < -0.39 is 0 Å². The van der Waals surface area contributed by atoms with Gasteiger partial charge in [-0.05, 0) is 66.0 Å². The molecule has 0 aliphatic carbocycles. The smallest absolute Gasteiger partial charge is 0.229 e. The molecule has 5 heteroatoms. The normalized spacial score (nSPS) is 9.77. The van der Waals surface area contributed by atoms with Crippen molar-refractivity contribution < 1.29 is 9.59 Å². The highest BCUT2D eigenvalue weighted by atomic mass is 79.9. The first-order chi connectivity index (χ1) is 6.02. The van der Waals surface area contributed by atoms with Crippen molar-refractivity contribution in [2.75, 3.05) is 0 Å². The molecule has 0 aliphatic heterocycles. The number of carbonyl (C=O) groups excluding carboxylic acids is 2. The Morgan fingerprint density at radius 2 is 1.69 bits per heavy atom. The molecule has 0 aliphatic rings. The predicted molar refractivity (Wildman–Crippen MR) is 60.7 cm³/mol. The van der Waals surface area contributed by atoms with E-state index in [9.17, 15) is 9.59 Å². The molecular weight excluding hydrogens is 368 g/mol. The highest BCUT2D eigenvalue weighted by molar-refractivity contribution is 9.18. The van der Waals surface area contributed by atoms with Crippen molar-refractivity contribution in [1.29, 1.82) is 0 Å². The maximum Gasteiger partial charge on any atom is 0.229 e. The molecule has 0 heterocycles. The van der Waals surface area contributed by atoms with E-state index in [1.165, 1.54) is 0 Å². The minimum Gasteiger partial charge on any atom is -0.281 e. The second-order valence-corrected chi connectivity index (χ2v) is 4.54. The Morgan fingerprint density at radius 1 is 1.08 bits per heavy atom. The van der Waals surface area contributed by atoms with Crippen LogP contribution in [0.15, 0.2) is 22.7 Å². The lowest BCUT2D eigenvalue weighted by Crippen LogP contribution is -1.94. The molecule has 2 nitrogen and oxygen atoms in total. The predicted octanol–water partition coefficient (Wildman–Crippen LogP) is 3.52. The summed E-state index contributed by atoms with van der Waals surface area (Å²) in [6.07, 6.45) is 0. The fourth-order valence-corrected chi connectivity index (χ4v) is 2.21. The molecule has 1 aromatic rings. The van der Waals surface area contributed by atoms with Gasteiger partial charge in [-0.1, -0.05) is 0 Å². The number of carbonyl (C=O) groups is 2. The van der Waals surface area contributed by atoms with Gasteiger partial charge in [0.1, 0.15) is 0 Å². The second-order valence-electron chi connectivity index (χ2n) is 2.24. The maximum absolute atomic E-state index is 10.9. The third kappa shape index (κ3) is 2.72. The van der Waals surface area contributed by atoms with Gasteiger partial charge in [-0.25, -0.2) is 0 Å². The molecule has 0 fully saturated rings. The summed E-state index contributed by atoms with van der Waals surface area (Å²) in [7, 11) is 0. The first kappa shape index (κ1) is 11.1. The monoisotopic (exact) mass is 368 g/mol. The zero-order valence-electron chi connectivity index (χ0n) is 6.18. The molecule has 0 saturated heterocycles. The van der Waals surface area contributed by atoms with Crippen LogP contribution in [0, 0.1) is 0 Å². The van der Waals surface area contributed by atoms with Crippen LogP contribution >= 0.6 is 47.8 Å². The van der Waals surface area contributed by atoms with Crippen LogP contribution in [-0.2, 0) is 0 Å². The molecule has 0 aromatic heterocycles. The molecule has 0 unspecified atom stereocenters. The number of hydrogen-bond acceptors (Lipinski definition) is 2. The van der Waals surface area contributed by atoms with Crippen LogP contribution in [0.1, 0.15) is 20.7 Å². The van der Waals surface area contributed by atoms with Crippen molar-refractivity contribution in [1.82, 2.24) is 0 Å². The van der Waals surface area contributed by atoms with Gasteiger partial charge in [0.25, 0.3) is 0 Å². The molecule has 13 heavy (non-hydrogen) atoms. The summed E-state index contributed by atoms with van der Waals surface area (Å²) in [4.78, 5) is 21.8. The summed E-state index contributed by atoms with van der Waals surface area (Å²) in [5.74, 6) is 0. The molecule has 0 saturated carbocycles. The van der Waals surface area contributed by atoms with Crippen LogP contribution in [0.25, 0.3) is 0 Å². The van der Waals surface area contributed by atoms with E-state index in [1.54, 1.807) is 18.2 Å². The van der Waals surface area contributed by atoms with Crippen molar-refractivity contribution in [3.05, 3.63) is 33.8 Å². The van der Waals surface area contributed by atoms with Crippen molar-refractivity contribution >= 4 is 57.2 Å². The van der Waals surface area contributed by atoms with Crippen molar-refractivity contribution in [3.8, 4) is 0 Å². The van der Waals surface area contributed by atoms with Crippen molar-refractivity contribution in [2.24, 2.45) is 0 Å². The molecule has 0 spiro atoms. The van der Waals surface area contributed by atoms with Gasteiger partial charge in [0.2, 0.25) is 9.39 Å². The molecule has 1 aromatic carbocycles. The van der Waals surface area contributed by atoms with Crippen LogP contribution in [0.5, 0.6) is 0 Å². The van der Waals surface area contributed by atoms with Gasteiger partial charge < -0.3 is 0 Å². The molecule has 0 radical (unpaired) electrons. The summed E-state index contributed by atoms with van der Waals surface area (Å²) in [5, 5.41) is 0. The Balaban J connectivity index is 3.20. The highest BCUT2D eigenvalue weighted by Gasteiger charge is 2.09. The average molecular weight is 371 g/mol. The van der Waals surface area contributed by atoms with Gasteiger partial charge in [0.15, 0.2) is 0 Å². The summed E-state index contributed by atoms with van der Waals surface area (Å²) in [6, 6.07) is 4.75. The van der Waals surface area contributed by atoms with Crippen LogP contribution in [0.4, 0.5) is 0 Å². The molecule has 0 atom stereocenters. The van der Waals surface area contributed by atoms with Gasteiger partial charge in [-0.2, -0.15) is 0 Å². The Labute approximate surface area is 100 Å². The number of halogens is 3. The van der Waals surface area contributed by atoms with E-state index in [1.807, 2.05) is 0 Å².